The summed E-state index contributed by atoms with van der Waals surface area (Å²) >= 11 is 0. The van der Waals surface area contributed by atoms with Gasteiger partial charge >= 0.3 is 0 Å². The first-order valence-corrected chi connectivity index (χ1v) is 6.41. The number of ketones is 1. The van der Waals surface area contributed by atoms with Crippen LogP contribution in [-0.4, -0.2) is 12.3 Å². The maximum Gasteiger partial charge on any atom is 0.141 e. The topological polar surface area (TPSA) is 43.1 Å². The van der Waals surface area contributed by atoms with E-state index in [1.165, 1.54) is 12.1 Å². The predicted octanol–water partition coefficient (Wildman–Crippen LogP) is 2.87. The van der Waals surface area contributed by atoms with Gasteiger partial charge < -0.3 is 5.73 Å². The molecule has 1 unspecified atom stereocenters. The Balaban J connectivity index is 2.73. The van der Waals surface area contributed by atoms with E-state index in [2.05, 4.69) is 13.8 Å². The lowest BCUT2D eigenvalue weighted by molar-refractivity contribution is -0.122. The average Bonchev–Trinajstić information content (AvgIpc) is 2.29. The van der Waals surface area contributed by atoms with Crippen molar-refractivity contribution >= 4 is 5.78 Å². The highest BCUT2D eigenvalue weighted by Gasteiger charge is 2.19. The molecule has 2 nitrogen and oxygen atoms in total. The van der Waals surface area contributed by atoms with E-state index < -0.39 is 0 Å². The largest absolute Gasteiger partial charge is 0.330 e. The van der Waals surface area contributed by atoms with Gasteiger partial charge in [0.1, 0.15) is 11.6 Å². The van der Waals surface area contributed by atoms with Crippen LogP contribution in [0.5, 0.6) is 0 Å². The van der Waals surface area contributed by atoms with Gasteiger partial charge in [0, 0.05) is 18.9 Å². The van der Waals surface area contributed by atoms with Crippen molar-refractivity contribution in [2.24, 2.45) is 17.6 Å². The minimum absolute atomic E-state index is 0.0885. The number of hydrogen-bond donors (Lipinski definition) is 1. The molecule has 1 aromatic carbocycles. The second-order valence-electron chi connectivity index (χ2n) is 5.28. The van der Waals surface area contributed by atoms with Crippen LogP contribution < -0.4 is 5.73 Å². The summed E-state index contributed by atoms with van der Waals surface area (Å²) in [6.07, 6.45) is 1.16. The first-order chi connectivity index (χ1) is 8.43. The number of carbonyl (C=O) groups excluding carboxylic acids is 1. The summed E-state index contributed by atoms with van der Waals surface area (Å²) in [5.74, 6) is 0.258. The Hall–Kier alpha value is -1.22. The van der Waals surface area contributed by atoms with Crippen molar-refractivity contribution in [3.05, 3.63) is 35.1 Å². The van der Waals surface area contributed by atoms with Gasteiger partial charge in [-0.25, -0.2) is 4.39 Å². The van der Waals surface area contributed by atoms with E-state index in [-0.39, 0.29) is 17.5 Å². The molecule has 0 saturated heterocycles. The van der Waals surface area contributed by atoms with Gasteiger partial charge in [-0.2, -0.15) is 0 Å². The highest BCUT2D eigenvalue weighted by Crippen LogP contribution is 2.17. The summed E-state index contributed by atoms with van der Waals surface area (Å²) in [6.45, 7) is 6.38. The molecule has 0 spiro atoms. The SMILES string of the molecule is Cc1cc(F)ccc1CC(=O)C(CN)CC(C)C. The van der Waals surface area contributed by atoms with Gasteiger partial charge in [-0.15, -0.1) is 0 Å². The molecular formula is C15H22FNO. The zero-order valence-corrected chi connectivity index (χ0v) is 11.4. The number of benzene rings is 1. The number of carbonyl (C=O) groups is 1. The van der Waals surface area contributed by atoms with Crippen LogP contribution in [-0.2, 0) is 11.2 Å². The van der Waals surface area contributed by atoms with E-state index in [1.807, 2.05) is 6.92 Å². The third-order valence-corrected chi connectivity index (χ3v) is 3.17. The van der Waals surface area contributed by atoms with Gasteiger partial charge in [0.2, 0.25) is 0 Å². The number of rotatable bonds is 6. The van der Waals surface area contributed by atoms with Gasteiger partial charge in [0.25, 0.3) is 0 Å². The summed E-state index contributed by atoms with van der Waals surface area (Å²) in [4.78, 5) is 12.1. The van der Waals surface area contributed by atoms with Crippen LogP contribution in [0.1, 0.15) is 31.4 Å². The molecule has 0 aliphatic rings. The molecule has 0 bridgehead atoms. The lowest BCUT2D eigenvalue weighted by Gasteiger charge is -2.16. The molecule has 1 rings (SSSR count). The van der Waals surface area contributed by atoms with Crippen LogP contribution >= 0.6 is 0 Å². The van der Waals surface area contributed by atoms with E-state index in [0.29, 0.717) is 18.9 Å². The van der Waals surface area contributed by atoms with Crippen LogP contribution in [0.25, 0.3) is 0 Å². The van der Waals surface area contributed by atoms with Crippen molar-refractivity contribution in [2.45, 2.75) is 33.6 Å². The Morgan fingerprint density at radius 3 is 2.56 bits per heavy atom. The summed E-state index contributed by atoms with van der Waals surface area (Å²) in [5, 5.41) is 0. The van der Waals surface area contributed by atoms with Gasteiger partial charge in [0.05, 0.1) is 0 Å². The van der Waals surface area contributed by atoms with Crippen molar-refractivity contribution in [1.82, 2.24) is 0 Å². The van der Waals surface area contributed by atoms with Gasteiger partial charge in [-0.3, -0.25) is 4.79 Å². The predicted molar refractivity (Wildman–Crippen MR) is 71.8 cm³/mol. The number of halogens is 1. The molecule has 0 heterocycles. The molecule has 3 heteroatoms. The lowest BCUT2D eigenvalue weighted by atomic mass is 9.89. The minimum atomic E-state index is -0.263. The van der Waals surface area contributed by atoms with Crippen molar-refractivity contribution in [3.8, 4) is 0 Å². The number of Topliss-reactive ketones (excluding diaryl/α,β-unsaturated/α-hetero) is 1. The molecule has 0 aromatic heterocycles. The van der Waals surface area contributed by atoms with E-state index in [9.17, 15) is 9.18 Å². The highest BCUT2D eigenvalue weighted by molar-refractivity contribution is 5.83. The first kappa shape index (κ1) is 14.8. The number of nitrogens with two attached hydrogens (primary N) is 1. The van der Waals surface area contributed by atoms with E-state index >= 15 is 0 Å². The van der Waals surface area contributed by atoms with E-state index in [0.717, 1.165) is 17.5 Å². The fraction of sp³-hybridized carbons (Fsp3) is 0.533. The van der Waals surface area contributed by atoms with E-state index in [1.54, 1.807) is 6.07 Å². The minimum Gasteiger partial charge on any atom is -0.330 e. The summed E-state index contributed by atoms with van der Waals surface area (Å²) in [6, 6.07) is 4.55. The fourth-order valence-corrected chi connectivity index (χ4v) is 2.12. The quantitative estimate of drug-likeness (QED) is 0.844. The zero-order chi connectivity index (χ0) is 13.7. The third-order valence-electron chi connectivity index (χ3n) is 3.17. The normalized spacial score (nSPS) is 12.8. The fourth-order valence-electron chi connectivity index (χ4n) is 2.12. The Morgan fingerprint density at radius 1 is 1.39 bits per heavy atom. The molecule has 1 atom stereocenters. The maximum absolute atomic E-state index is 13.0. The average molecular weight is 251 g/mol. The number of aryl methyl sites for hydroxylation is 1. The lowest BCUT2D eigenvalue weighted by Crippen LogP contribution is -2.26. The second-order valence-corrected chi connectivity index (χ2v) is 5.28. The molecule has 0 saturated carbocycles. The smallest absolute Gasteiger partial charge is 0.141 e. The maximum atomic E-state index is 13.0. The van der Waals surface area contributed by atoms with Crippen LogP contribution in [0, 0.1) is 24.6 Å². The molecule has 1 aromatic rings. The molecule has 0 radical (unpaired) electrons. The van der Waals surface area contributed by atoms with Gasteiger partial charge in [0.15, 0.2) is 0 Å². The summed E-state index contributed by atoms with van der Waals surface area (Å²) in [7, 11) is 0. The van der Waals surface area contributed by atoms with Gasteiger partial charge in [-0.1, -0.05) is 19.9 Å². The Labute approximate surface area is 108 Å². The molecule has 0 aliphatic carbocycles. The molecule has 100 valence electrons. The van der Waals surface area contributed by atoms with Crippen molar-refractivity contribution in [1.29, 1.82) is 0 Å². The standard InChI is InChI=1S/C15H22FNO/c1-10(2)6-13(9-17)15(18)8-12-4-5-14(16)7-11(12)3/h4-5,7,10,13H,6,8-9,17H2,1-3H3. The van der Waals surface area contributed by atoms with Crippen molar-refractivity contribution in [2.75, 3.05) is 6.54 Å². The van der Waals surface area contributed by atoms with Crippen molar-refractivity contribution < 1.29 is 9.18 Å². The van der Waals surface area contributed by atoms with Crippen LogP contribution in [0.15, 0.2) is 18.2 Å². The Kier molecular flexibility index (Phi) is 5.48. The van der Waals surface area contributed by atoms with Crippen LogP contribution in [0.2, 0.25) is 0 Å². The highest BCUT2D eigenvalue weighted by atomic mass is 19.1. The Morgan fingerprint density at radius 2 is 2.06 bits per heavy atom. The molecule has 0 fully saturated rings. The molecular weight excluding hydrogens is 229 g/mol. The monoisotopic (exact) mass is 251 g/mol. The zero-order valence-electron chi connectivity index (χ0n) is 11.4. The van der Waals surface area contributed by atoms with Crippen LogP contribution in [0.3, 0.4) is 0 Å². The van der Waals surface area contributed by atoms with Crippen molar-refractivity contribution in [3.63, 3.8) is 0 Å². The first-order valence-electron chi connectivity index (χ1n) is 6.41. The molecule has 2 N–H and O–H groups in total. The summed E-state index contributed by atoms with van der Waals surface area (Å²) in [5.41, 5.74) is 7.37. The third kappa shape index (κ3) is 4.22. The summed E-state index contributed by atoms with van der Waals surface area (Å²) < 4.78 is 13.0. The molecule has 0 amide bonds. The number of hydrogen-bond acceptors (Lipinski definition) is 2. The molecule has 0 aliphatic heterocycles. The van der Waals surface area contributed by atoms with Crippen LogP contribution in [0.4, 0.5) is 4.39 Å². The van der Waals surface area contributed by atoms with E-state index in [4.69, 9.17) is 5.73 Å². The molecule has 18 heavy (non-hydrogen) atoms. The Bertz CT molecular complexity index is 415. The van der Waals surface area contributed by atoms with Gasteiger partial charge in [-0.05, 0) is 42.5 Å². The second kappa shape index (κ2) is 6.64.